The third kappa shape index (κ3) is 14.8. The SMILES string of the molecule is C=CC(C=C/C=C(C)/C(/C=C\C(C)OCC1=CC=C(c2nn[nH]n2)CC=C1)=C/C)/C=C/C=N\C(=C/N(C)CC)c1ccc(Cl)cc1Cl.CC. The number of ether oxygens (including phenoxy) is 1. The summed E-state index contributed by atoms with van der Waals surface area (Å²) in [6, 6.07) is 5.42. The van der Waals surface area contributed by atoms with Crippen LogP contribution >= 0.6 is 23.2 Å². The quantitative estimate of drug-likeness (QED) is 0.107. The van der Waals surface area contributed by atoms with Gasteiger partial charge in [0.1, 0.15) is 0 Å². The lowest BCUT2D eigenvalue weighted by molar-refractivity contribution is 0.119. The van der Waals surface area contributed by atoms with Crippen molar-refractivity contribution in [1.82, 2.24) is 25.5 Å². The van der Waals surface area contributed by atoms with Crippen LogP contribution in [0.2, 0.25) is 10.0 Å². The highest BCUT2D eigenvalue weighted by Gasteiger charge is 2.09. The Morgan fingerprint density at radius 1 is 1.16 bits per heavy atom. The van der Waals surface area contributed by atoms with Crippen LogP contribution < -0.4 is 0 Å². The van der Waals surface area contributed by atoms with E-state index in [2.05, 4.69) is 94.7 Å². The Bertz CT molecular complexity index is 1640. The maximum Gasteiger partial charge on any atom is 0.200 e. The number of halogens is 2. The zero-order valence-corrected chi connectivity index (χ0v) is 31.3. The first kappa shape index (κ1) is 40.9. The lowest BCUT2D eigenvalue weighted by Gasteiger charge is -2.13. The molecular formula is C40H50Cl2N6O. The van der Waals surface area contributed by atoms with Gasteiger partial charge in [0.2, 0.25) is 5.82 Å². The minimum Gasteiger partial charge on any atom is -0.379 e. The fourth-order valence-corrected chi connectivity index (χ4v) is 4.83. The fraction of sp³-hybridized carbons (Fsp3) is 0.300. The number of hydrogen-bond acceptors (Lipinski definition) is 6. The Morgan fingerprint density at radius 2 is 1.94 bits per heavy atom. The van der Waals surface area contributed by atoms with E-state index in [4.69, 9.17) is 27.9 Å². The average molecular weight is 702 g/mol. The van der Waals surface area contributed by atoms with Crippen LogP contribution in [0, 0.1) is 5.92 Å². The van der Waals surface area contributed by atoms with Gasteiger partial charge in [0, 0.05) is 48.1 Å². The summed E-state index contributed by atoms with van der Waals surface area (Å²) in [7, 11) is 2.00. The van der Waals surface area contributed by atoms with Crippen LogP contribution in [0.5, 0.6) is 0 Å². The number of benzene rings is 1. The van der Waals surface area contributed by atoms with Gasteiger partial charge in [-0.1, -0.05) is 110 Å². The van der Waals surface area contributed by atoms with Gasteiger partial charge in [-0.15, -0.1) is 16.8 Å². The zero-order valence-electron chi connectivity index (χ0n) is 29.8. The van der Waals surface area contributed by atoms with Crippen molar-refractivity contribution in [3.05, 3.63) is 148 Å². The predicted molar refractivity (Wildman–Crippen MR) is 211 cm³/mol. The van der Waals surface area contributed by atoms with Crippen LogP contribution in [0.1, 0.15) is 59.4 Å². The number of nitrogens with zero attached hydrogens (tertiary/aromatic N) is 5. The van der Waals surface area contributed by atoms with E-state index in [0.29, 0.717) is 22.5 Å². The van der Waals surface area contributed by atoms with E-state index in [0.717, 1.165) is 46.5 Å². The molecule has 0 aliphatic heterocycles. The zero-order chi connectivity index (χ0) is 36.0. The molecular weight excluding hydrogens is 651 g/mol. The molecule has 260 valence electrons. The summed E-state index contributed by atoms with van der Waals surface area (Å²) in [5, 5.41) is 15.4. The monoisotopic (exact) mass is 700 g/mol. The van der Waals surface area contributed by atoms with Gasteiger partial charge < -0.3 is 9.64 Å². The van der Waals surface area contributed by atoms with Crippen LogP contribution in [-0.2, 0) is 4.74 Å². The van der Waals surface area contributed by atoms with Crippen LogP contribution in [0.3, 0.4) is 0 Å². The van der Waals surface area contributed by atoms with Gasteiger partial charge in [0.05, 0.1) is 23.4 Å². The standard InChI is InChI=1S/C38H44Cl2N6O.C2H6/c1-7-30(16-12-24-41-37(26-46(6)9-3)35-23-22-34(39)25-36(35)40)14-10-13-28(4)32(8-2)20-18-29(5)47-27-31-15-11-17-33(21-19-31)38-42-44-45-43-38;1-2/h7-8,10-16,18-26,29-30H,1,9,17,27H2,2-6H3,(H,42,43,44,45);1-2H3/b14-10?,16-12+,20-18-,28-13+,32-8+,37-26-,41-24-;. The largest absolute Gasteiger partial charge is 0.379 e. The van der Waals surface area contributed by atoms with Gasteiger partial charge in [0.25, 0.3) is 0 Å². The molecule has 1 aliphatic carbocycles. The Labute approximate surface area is 303 Å². The van der Waals surface area contributed by atoms with E-state index in [1.54, 1.807) is 12.3 Å². The highest BCUT2D eigenvalue weighted by Crippen LogP contribution is 2.28. The Balaban J connectivity index is 0.00000409. The van der Waals surface area contributed by atoms with E-state index in [-0.39, 0.29) is 12.0 Å². The second-order valence-electron chi connectivity index (χ2n) is 10.8. The van der Waals surface area contributed by atoms with Crippen molar-refractivity contribution in [3.8, 4) is 0 Å². The number of nitrogens with one attached hydrogen (secondary N) is 1. The summed E-state index contributed by atoms with van der Waals surface area (Å²) >= 11 is 12.6. The van der Waals surface area contributed by atoms with Gasteiger partial charge in [0.15, 0.2) is 0 Å². The minimum atomic E-state index is -0.0584. The maximum absolute atomic E-state index is 6.46. The van der Waals surface area contributed by atoms with Gasteiger partial charge in [-0.3, -0.25) is 4.99 Å². The second-order valence-corrected chi connectivity index (χ2v) is 11.7. The number of aromatic nitrogens is 4. The van der Waals surface area contributed by atoms with Crippen molar-refractivity contribution in [2.45, 2.75) is 54.1 Å². The number of hydrogen-bond donors (Lipinski definition) is 1. The molecule has 2 atom stereocenters. The molecule has 0 amide bonds. The number of allylic oxidation sites excluding steroid dienone is 14. The summed E-state index contributed by atoms with van der Waals surface area (Å²) in [6.45, 7) is 17.6. The molecule has 2 aromatic rings. The van der Waals surface area contributed by atoms with Crippen molar-refractivity contribution in [3.63, 3.8) is 0 Å². The Morgan fingerprint density at radius 3 is 2.61 bits per heavy atom. The molecule has 1 aromatic heterocycles. The maximum atomic E-state index is 6.46. The molecule has 0 spiro atoms. The van der Waals surface area contributed by atoms with Crippen LogP contribution in [0.15, 0.2) is 132 Å². The van der Waals surface area contributed by atoms with Crippen molar-refractivity contribution in [2.75, 3.05) is 20.2 Å². The summed E-state index contributed by atoms with van der Waals surface area (Å²) in [5.41, 5.74) is 5.93. The van der Waals surface area contributed by atoms with E-state index < -0.39 is 0 Å². The van der Waals surface area contributed by atoms with Gasteiger partial charge in [-0.05, 0) is 80.3 Å². The first-order valence-electron chi connectivity index (χ1n) is 16.6. The highest BCUT2D eigenvalue weighted by atomic mass is 35.5. The van der Waals surface area contributed by atoms with Gasteiger partial charge in [-0.2, -0.15) is 5.21 Å². The van der Waals surface area contributed by atoms with Crippen molar-refractivity contribution < 1.29 is 4.74 Å². The molecule has 0 saturated carbocycles. The molecule has 1 aromatic carbocycles. The average Bonchev–Trinajstić information content (AvgIpc) is 3.54. The lowest BCUT2D eigenvalue weighted by atomic mass is 10.0. The summed E-state index contributed by atoms with van der Waals surface area (Å²) in [5.74, 6) is 0.654. The summed E-state index contributed by atoms with van der Waals surface area (Å²) < 4.78 is 6.09. The first-order chi connectivity index (χ1) is 23.7. The summed E-state index contributed by atoms with van der Waals surface area (Å²) in [4.78, 5) is 6.73. The van der Waals surface area contributed by atoms with Gasteiger partial charge >= 0.3 is 0 Å². The fourth-order valence-electron chi connectivity index (χ4n) is 4.32. The number of rotatable bonds is 16. The number of H-pyrrole nitrogens is 1. The van der Waals surface area contributed by atoms with E-state index in [9.17, 15) is 0 Å². The van der Waals surface area contributed by atoms with Crippen molar-refractivity contribution in [1.29, 1.82) is 0 Å². The molecule has 9 heteroatoms. The third-order valence-corrected chi connectivity index (χ3v) is 7.81. The van der Waals surface area contributed by atoms with Crippen LogP contribution in [-0.4, -0.2) is 58.0 Å². The number of aromatic amines is 1. The molecule has 0 fully saturated rings. The second kappa shape index (κ2) is 23.1. The normalized spacial score (nSPS) is 15.7. The molecule has 0 radical (unpaired) electrons. The number of aliphatic imine (C=N–C) groups is 1. The Kier molecular flexibility index (Phi) is 19.3. The lowest BCUT2D eigenvalue weighted by Crippen LogP contribution is -2.09. The third-order valence-electron chi connectivity index (χ3n) is 7.26. The van der Waals surface area contributed by atoms with Crippen molar-refractivity contribution >= 4 is 40.7 Å². The highest BCUT2D eigenvalue weighted by molar-refractivity contribution is 6.35. The molecule has 2 unspecified atom stereocenters. The van der Waals surface area contributed by atoms with Crippen molar-refractivity contribution in [2.24, 2.45) is 10.9 Å². The summed E-state index contributed by atoms with van der Waals surface area (Å²) in [6.07, 6.45) is 31.0. The molecule has 49 heavy (non-hydrogen) atoms. The molecule has 0 saturated heterocycles. The molecule has 7 nitrogen and oxygen atoms in total. The van der Waals surface area contributed by atoms with E-state index in [1.165, 1.54) is 0 Å². The minimum absolute atomic E-state index is 0.0406. The molecule has 3 rings (SSSR count). The molecule has 1 N–H and O–H groups in total. The number of tetrazole rings is 1. The topological polar surface area (TPSA) is 79.3 Å². The van der Waals surface area contributed by atoms with E-state index >= 15 is 0 Å². The Hall–Kier alpha value is -4.30. The van der Waals surface area contributed by atoms with Crippen LogP contribution in [0.4, 0.5) is 0 Å². The predicted octanol–water partition coefficient (Wildman–Crippen LogP) is 10.6. The smallest absolute Gasteiger partial charge is 0.200 e. The van der Waals surface area contributed by atoms with Gasteiger partial charge in [-0.25, -0.2) is 0 Å². The first-order valence-corrected chi connectivity index (χ1v) is 17.3. The van der Waals surface area contributed by atoms with E-state index in [1.807, 2.05) is 88.4 Å². The molecule has 1 heterocycles. The molecule has 1 aliphatic rings. The molecule has 0 bridgehead atoms. The van der Waals surface area contributed by atoms with Crippen LogP contribution in [0.25, 0.3) is 11.3 Å².